The molecule has 6 nitrogen and oxygen atoms in total. The van der Waals surface area contributed by atoms with Crippen molar-refractivity contribution in [2.45, 2.75) is 25.8 Å². The molecule has 0 aliphatic carbocycles. The van der Waals surface area contributed by atoms with E-state index < -0.39 is 5.97 Å². The van der Waals surface area contributed by atoms with E-state index in [9.17, 15) is 9.59 Å². The topological polar surface area (TPSA) is 64.4 Å². The molecule has 3 aromatic rings. The lowest BCUT2D eigenvalue weighted by Gasteiger charge is -2.23. The van der Waals surface area contributed by atoms with Crippen molar-refractivity contribution in [1.29, 1.82) is 0 Å². The number of ketones is 1. The Morgan fingerprint density at radius 1 is 1.10 bits per heavy atom. The van der Waals surface area contributed by atoms with E-state index in [4.69, 9.17) is 4.74 Å². The van der Waals surface area contributed by atoms with Crippen LogP contribution in [-0.4, -0.2) is 35.0 Å². The number of ether oxygens (including phenoxy) is 1. The first kappa shape index (κ1) is 18.9. The van der Waals surface area contributed by atoms with Crippen molar-refractivity contribution in [2.75, 3.05) is 18.6 Å². The summed E-state index contributed by atoms with van der Waals surface area (Å²) in [7, 11) is 1.95. The summed E-state index contributed by atoms with van der Waals surface area (Å²) < 4.78 is 6.93. The number of anilines is 1. The van der Waals surface area contributed by atoms with Crippen molar-refractivity contribution in [1.82, 2.24) is 9.55 Å². The number of likely N-dealkylation sites (N-methyl/N-ethyl adjacent to an activating group) is 1. The fourth-order valence-corrected chi connectivity index (χ4v) is 3.93. The Labute approximate surface area is 169 Å². The van der Waals surface area contributed by atoms with Crippen LogP contribution in [-0.2, 0) is 26.3 Å². The number of allylic oxidation sites excluding steroid dienone is 1. The van der Waals surface area contributed by atoms with E-state index in [1.165, 1.54) is 5.56 Å². The molecule has 0 amide bonds. The third-order valence-corrected chi connectivity index (χ3v) is 5.44. The van der Waals surface area contributed by atoms with Crippen molar-refractivity contribution in [3.05, 3.63) is 72.2 Å². The minimum absolute atomic E-state index is 0.0151. The van der Waals surface area contributed by atoms with Crippen LogP contribution in [0.4, 0.5) is 5.69 Å². The highest BCUT2D eigenvalue weighted by Gasteiger charge is 2.38. The van der Waals surface area contributed by atoms with Gasteiger partial charge >= 0.3 is 5.97 Å². The summed E-state index contributed by atoms with van der Waals surface area (Å²) in [4.78, 5) is 31.0. The molecule has 2 aromatic carbocycles. The third kappa shape index (κ3) is 3.42. The van der Waals surface area contributed by atoms with E-state index in [-0.39, 0.29) is 24.3 Å². The number of rotatable bonds is 5. The van der Waals surface area contributed by atoms with Crippen molar-refractivity contribution in [2.24, 2.45) is 0 Å². The maximum absolute atomic E-state index is 12.5. The minimum atomic E-state index is -0.470. The molecule has 2 heterocycles. The zero-order valence-corrected chi connectivity index (χ0v) is 16.8. The fraction of sp³-hybridized carbons (Fsp3) is 0.261. The Bertz CT molecular complexity index is 1130. The number of hydrogen-bond donors (Lipinski definition) is 0. The van der Waals surface area contributed by atoms with Crippen molar-refractivity contribution < 1.29 is 14.3 Å². The number of aromatic nitrogens is 2. The molecule has 0 bridgehead atoms. The Morgan fingerprint density at radius 3 is 2.62 bits per heavy atom. The van der Waals surface area contributed by atoms with E-state index in [0.717, 1.165) is 22.4 Å². The molecule has 29 heavy (non-hydrogen) atoms. The summed E-state index contributed by atoms with van der Waals surface area (Å²) in [6, 6.07) is 15.7. The zero-order chi connectivity index (χ0) is 20.6. The monoisotopic (exact) mass is 389 g/mol. The normalized spacial score (nSPS) is 16.2. The first-order chi connectivity index (χ1) is 13.9. The molecule has 148 valence electrons. The van der Waals surface area contributed by atoms with Crippen LogP contribution < -0.4 is 4.90 Å². The van der Waals surface area contributed by atoms with E-state index in [0.29, 0.717) is 0 Å². The third-order valence-electron chi connectivity index (χ3n) is 5.44. The van der Waals surface area contributed by atoms with Gasteiger partial charge in [-0.15, -0.1) is 0 Å². The number of fused-ring (bicyclic) bond motifs is 2. The highest BCUT2D eigenvalue weighted by Crippen LogP contribution is 2.46. The van der Waals surface area contributed by atoms with Gasteiger partial charge in [0.1, 0.15) is 6.54 Å². The first-order valence-corrected chi connectivity index (χ1v) is 9.51. The molecule has 0 fully saturated rings. The van der Waals surface area contributed by atoms with E-state index in [1.54, 1.807) is 17.0 Å². The van der Waals surface area contributed by atoms with Crippen LogP contribution in [0.5, 0.6) is 0 Å². The van der Waals surface area contributed by atoms with Crippen molar-refractivity contribution in [3.8, 4) is 0 Å². The molecule has 0 spiro atoms. The van der Waals surface area contributed by atoms with Crippen LogP contribution in [0.1, 0.15) is 19.4 Å². The van der Waals surface area contributed by atoms with Gasteiger partial charge in [0.25, 0.3) is 0 Å². The molecular weight excluding hydrogens is 366 g/mol. The summed E-state index contributed by atoms with van der Waals surface area (Å²) in [6.45, 7) is 3.91. The molecule has 1 aromatic heterocycles. The number of carbonyl (C=O) groups is 2. The maximum atomic E-state index is 12.5. The first-order valence-electron chi connectivity index (χ1n) is 9.51. The van der Waals surface area contributed by atoms with Gasteiger partial charge < -0.3 is 14.2 Å². The number of para-hydroxylation sites is 3. The number of nitrogens with zero attached hydrogens (tertiary/aromatic N) is 3. The standard InChI is InChI=1S/C23H23N3O3/c1-23(2)17-8-4-6-10-19(17)25(3)21(23)12-16(27)14-29-22(28)13-26-15-24-18-9-5-7-11-20(18)26/h4-12,15H,13-14H2,1-3H3/b21-12-. The average molecular weight is 389 g/mol. The second kappa shape index (κ2) is 7.20. The lowest BCUT2D eigenvalue weighted by molar-refractivity contribution is -0.147. The van der Waals surface area contributed by atoms with Crippen LogP contribution >= 0.6 is 0 Å². The number of imidazole rings is 1. The summed E-state index contributed by atoms with van der Waals surface area (Å²) in [5.74, 6) is -0.709. The lowest BCUT2D eigenvalue weighted by atomic mass is 9.83. The van der Waals surface area contributed by atoms with Crippen LogP contribution in [0.15, 0.2) is 66.6 Å². The predicted molar refractivity (Wildman–Crippen MR) is 112 cm³/mol. The van der Waals surface area contributed by atoms with Crippen LogP contribution in [0.25, 0.3) is 11.0 Å². The summed E-state index contributed by atoms with van der Waals surface area (Å²) in [5, 5.41) is 0. The Morgan fingerprint density at radius 2 is 1.83 bits per heavy atom. The number of benzene rings is 2. The van der Waals surface area contributed by atoms with Crippen LogP contribution in [0, 0.1) is 0 Å². The molecule has 4 rings (SSSR count). The van der Waals surface area contributed by atoms with Gasteiger partial charge in [0.05, 0.1) is 17.4 Å². The highest BCUT2D eigenvalue weighted by molar-refractivity contribution is 5.94. The molecular formula is C23H23N3O3. The smallest absolute Gasteiger partial charge is 0.326 e. The molecule has 0 saturated carbocycles. The van der Waals surface area contributed by atoms with Crippen molar-refractivity contribution >= 4 is 28.5 Å². The maximum Gasteiger partial charge on any atom is 0.326 e. The van der Waals surface area contributed by atoms with E-state index in [1.807, 2.05) is 54.4 Å². The Hall–Kier alpha value is -3.41. The van der Waals surface area contributed by atoms with Gasteiger partial charge in [-0.2, -0.15) is 0 Å². The van der Waals surface area contributed by atoms with Gasteiger partial charge in [0, 0.05) is 29.9 Å². The molecule has 0 atom stereocenters. The highest BCUT2D eigenvalue weighted by atomic mass is 16.5. The molecule has 0 N–H and O–H groups in total. The molecule has 0 saturated heterocycles. The van der Waals surface area contributed by atoms with Gasteiger partial charge in [-0.05, 0) is 23.8 Å². The van der Waals surface area contributed by atoms with Crippen LogP contribution in [0.2, 0.25) is 0 Å². The molecule has 0 unspecified atom stereocenters. The molecule has 0 radical (unpaired) electrons. The summed E-state index contributed by atoms with van der Waals surface area (Å²) >= 11 is 0. The second-order valence-corrected chi connectivity index (χ2v) is 7.72. The van der Waals surface area contributed by atoms with Gasteiger partial charge in [-0.3, -0.25) is 9.59 Å². The quantitative estimate of drug-likeness (QED) is 0.494. The number of esters is 1. The van der Waals surface area contributed by atoms with Gasteiger partial charge in [0.15, 0.2) is 12.4 Å². The lowest BCUT2D eigenvalue weighted by Crippen LogP contribution is -2.25. The van der Waals surface area contributed by atoms with Gasteiger partial charge in [0.2, 0.25) is 0 Å². The fourth-order valence-electron chi connectivity index (χ4n) is 3.93. The molecule has 1 aliphatic heterocycles. The number of carbonyl (C=O) groups excluding carboxylic acids is 2. The number of hydrogen-bond acceptors (Lipinski definition) is 5. The average Bonchev–Trinajstić information content (AvgIpc) is 3.20. The molecule has 1 aliphatic rings. The van der Waals surface area contributed by atoms with Crippen molar-refractivity contribution in [3.63, 3.8) is 0 Å². The molecule has 6 heteroatoms. The van der Waals surface area contributed by atoms with E-state index >= 15 is 0 Å². The van der Waals surface area contributed by atoms with Gasteiger partial charge in [-0.1, -0.05) is 44.2 Å². The minimum Gasteiger partial charge on any atom is -0.456 e. The summed E-state index contributed by atoms with van der Waals surface area (Å²) in [6.07, 6.45) is 3.18. The summed E-state index contributed by atoms with van der Waals surface area (Å²) in [5.41, 5.74) is 4.52. The second-order valence-electron chi connectivity index (χ2n) is 7.72. The Kier molecular flexibility index (Phi) is 4.70. The zero-order valence-electron chi connectivity index (χ0n) is 16.8. The van der Waals surface area contributed by atoms with E-state index in [2.05, 4.69) is 24.9 Å². The largest absolute Gasteiger partial charge is 0.456 e. The van der Waals surface area contributed by atoms with Gasteiger partial charge in [-0.25, -0.2) is 4.98 Å². The SMILES string of the molecule is CN1/C(=C\C(=O)COC(=O)Cn2cnc3ccccc32)C(C)(C)c2ccccc21. The van der Waals surface area contributed by atoms with Crippen LogP contribution in [0.3, 0.4) is 0 Å². The predicted octanol–water partition coefficient (Wildman–Crippen LogP) is 3.46. The Balaban J connectivity index is 1.42.